The molecule has 1 amide bonds. The number of alkyl halides is 3. The molecule has 2 N–H and O–H groups in total. The van der Waals surface area contributed by atoms with Crippen LogP contribution in [0, 0.1) is 0 Å². The van der Waals surface area contributed by atoms with Crippen molar-refractivity contribution in [3.63, 3.8) is 0 Å². The maximum Gasteiger partial charge on any atom is 0.434 e. The van der Waals surface area contributed by atoms with Crippen molar-refractivity contribution in [3.8, 4) is 17.2 Å². The fourth-order valence-corrected chi connectivity index (χ4v) is 2.57. The molecule has 0 fully saturated rings. The first-order valence-electron chi connectivity index (χ1n) is 8.22. The summed E-state index contributed by atoms with van der Waals surface area (Å²) in [6.07, 6.45) is -2.81. The molecular weight excluding hydrogens is 389 g/mol. The molecule has 7 nitrogen and oxygen atoms in total. The molecule has 0 bridgehead atoms. The lowest BCUT2D eigenvalue weighted by Crippen LogP contribution is -2.23. The number of benzene rings is 2. The number of phenols is 1. The van der Waals surface area contributed by atoms with Crippen LogP contribution in [0.1, 0.15) is 21.6 Å². The van der Waals surface area contributed by atoms with Crippen LogP contribution in [0.2, 0.25) is 0 Å². The van der Waals surface area contributed by atoms with Crippen LogP contribution in [0.3, 0.4) is 0 Å². The van der Waals surface area contributed by atoms with Gasteiger partial charge >= 0.3 is 6.18 Å². The molecule has 0 atom stereocenters. The molecule has 0 aliphatic carbocycles. The van der Waals surface area contributed by atoms with E-state index >= 15 is 0 Å². The van der Waals surface area contributed by atoms with Crippen LogP contribution in [0.5, 0.6) is 11.5 Å². The highest BCUT2D eigenvalue weighted by molar-refractivity contribution is 5.96. The van der Waals surface area contributed by atoms with Crippen LogP contribution in [0.25, 0.3) is 5.69 Å². The maximum absolute atomic E-state index is 13.6. The normalized spacial score (nSPS) is 11.6. The first-order valence-corrected chi connectivity index (χ1v) is 8.22. The number of halogens is 3. The zero-order chi connectivity index (χ0) is 21.0. The first-order chi connectivity index (χ1) is 13.8. The molecule has 0 saturated heterocycles. The quantitative estimate of drug-likeness (QED) is 0.504. The number of hydrogen-bond acceptors (Lipinski definition) is 5. The molecule has 3 aromatic rings. The number of hydrazone groups is 1. The Morgan fingerprint density at radius 3 is 2.59 bits per heavy atom. The molecule has 0 unspecified atom stereocenters. The maximum atomic E-state index is 13.6. The monoisotopic (exact) mass is 404 g/mol. The van der Waals surface area contributed by atoms with Gasteiger partial charge in [0.15, 0.2) is 17.2 Å². The fraction of sp³-hybridized carbons (Fsp3) is 0.105. The van der Waals surface area contributed by atoms with E-state index < -0.39 is 23.3 Å². The zero-order valence-corrected chi connectivity index (χ0v) is 15.0. The minimum absolute atomic E-state index is 0.147. The van der Waals surface area contributed by atoms with E-state index in [-0.39, 0.29) is 17.2 Å². The molecule has 2 aromatic carbocycles. The van der Waals surface area contributed by atoms with Gasteiger partial charge in [0.25, 0.3) is 5.91 Å². The van der Waals surface area contributed by atoms with Gasteiger partial charge < -0.3 is 9.84 Å². The molecule has 150 valence electrons. The molecule has 3 rings (SSSR count). The molecule has 0 aliphatic rings. The summed E-state index contributed by atoms with van der Waals surface area (Å²) in [4.78, 5) is 12.3. The lowest BCUT2D eigenvalue weighted by Gasteiger charge is -2.12. The Morgan fingerprint density at radius 1 is 1.24 bits per heavy atom. The number of para-hydroxylation sites is 1. The average molecular weight is 404 g/mol. The van der Waals surface area contributed by atoms with Crippen LogP contribution in [0.15, 0.2) is 59.8 Å². The van der Waals surface area contributed by atoms with Crippen LogP contribution in [0.4, 0.5) is 13.2 Å². The molecule has 0 saturated carbocycles. The highest BCUT2D eigenvalue weighted by Gasteiger charge is 2.40. The van der Waals surface area contributed by atoms with E-state index in [9.17, 15) is 23.1 Å². The van der Waals surface area contributed by atoms with Gasteiger partial charge in [0.05, 0.1) is 30.8 Å². The molecule has 0 spiro atoms. The molecule has 0 aliphatic heterocycles. The van der Waals surface area contributed by atoms with Gasteiger partial charge in [-0.15, -0.1) is 0 Å². The van der Waals surface area contributed by atoms with Gasteiger partial charge in [0, 0.05) is 0 Å². The van der Waals surface area contributed by atoms with Crippen LogP contribution in [-0.2, 0) is 6.18 Å². The van der Waals surface area contributed by atoms with Crippen molar-refractivity contribution < 1.29 is 27.8 Å². The minimum atomic E-state index is -4.81. The standard InChI is InChI=1S/C19H15F3N4O3/c1-29-16-8-7-12(9-15(16)27)10-23-25-18(28)14-11-24-26(17(14)19(20,21)22)13-5-3-2-4-6-13/h2-11,27H,1H3,(H,25,28). The van der Waals surface area contributed by atoms with Crippen molar-refractivity contribution in [2.24, 2.45) is 5.10 Å². The molecule has 29 heavy (non-hydrogen) atoms. The average Bonchev–Trinajstić information content (AvgIpc) is 3.15. The summed E-state index contributed by atoms with van der Waals surface area (Å²) in [5.74, 6) is -0.978. The molecule has 10 heteroatoms. The lowest BCUT2D eigenvalue weighted by atomic mass is 10.2. The lowest BCUT2D eigenvalue weighted by molar-refractivity contribution is -0.143. The van der Waals surface area contributed by atoms with Gasteiger partial charge in [0.2, 0.25) is 0 Å². The summed E-state index contributed by atoms with van der Waals surface area (Å²) < 4.78 is 46.3. The molecule has 0 radical (unpaired) electrons. The zero-order valence-electron chi connectivity index (χ0n) is 15.0. The van der Waals surface area contributed by atoms with Gasteiger partial charge in [-0.25, -0.2) is 10.1 Å². The number of amides is 1. The van der Waals surface area contributed by atoms with E-state index in [1.54, 1.807) is 24.3 Å². The Labute approximate surface area is 163 Å². The first kappa shape index (κ1) is 19.9. The number of nitrogens with one attached hydrogen (secondary N) is 1. The minimum Gasteiger partial charge on any atom is -0.504 e. The Balaban J connectivity index is 1.84. The van der Waals surface area contributed by atoms with Gasteiger partial charge in [0.1, 0.15) is 0 Å². The Kier molecular flexibility index (Phi) is 5.53. The summed E-state index contributed by atoms with van der Waals surface area (Å²) in [6, 6.07) is 12.0. The molecule has 1 heterocycles. The van der Waals surface area contributed by atoms with Crippen molar-refractivity contribution in [3.05, 3.63) is 71.5 Å². The summed E-state index contributed by atoms with van der Waals surface area (Å²) in [6.45, 7) is 0. The second-order valence-corrected chi connectivity index (χ2v) is 5.78. The predicted molar refractivity (Wildman–Crippen MR) is 98.3 cm³/mol. The number of carbonyl (C=O) groups is 1. The largest absolute Gasteiger partial charge is 0.504 e. The number of aromatic hydroxyl groups is 1. The molecule has 1 aromatic heterocycles. The number of carbonyl (C=O) groups excluding carboxylic acids is 1. The van der Waals surface area contributed by atoms with Crippen molar-refractivity contribution in [1.82, 2.24) is 15.2 Å². The Bertz CT molecular complexity index is 1050. The third-order valence-electron chi connectivity index (χ3n) is 3.87. The predicted octanol–water partition coefficient (Wildman–Crippen LogP) is 3.37. The number of methoxy groups -OCH3 is 1. The Morgan fingerprint density at radius 2 is 1.97 bits per heavy atom. The van der Waals surface area contributed by atoms with E-state index in [1.165, 1.54) is 37.6 Å². The van der Waals surface area contributed by atoms with Crippen molar-refractivity contribution in [1.29, 1.82) is 0 Å². The number of ether oxygens (including phenoxy) is 1. The summed E-state index contributed by atoms with van der Waals surface area (Å²) >= 11 is 0. The summed E-state index contributed by atoms with van der Waals surface area (Å²) in [7, 11) is 1.39. The third kappa shape index (κ3) is 4.37. The number of nitrogens with zero attached hydrogens (tertiary/aromatic N) is 3. The van der Waals surface area contributed by atoms with Crippen LogP contribution in [-0.4, -0.2) is 34.1 Å². The van der Waals surface area contributed by atoms with E-state index in [0.29, 0.717) is 10.2 Å². The fourth-order valence-electron chi connectivity index (χ4n) is 2.57. The second-order valence-electron chi connectivity index (χ2n) is 5.78. The van der Waals surface area contributed by atoms with Crippen LogP contribution >= 0.6 is 0 Å². The van der Waals surface area contributed by atoms with Gasteiger partial charge in [-0.2, -0.15) is 23.4 Å². The van der Waals surface area contributed by atoms with Gasteiger partial charge in [-0.3, -0.25) is 4.79 Å². The van der Waals surface area contributed by atoms with E-state index in [1.807, 2.05) is 5.43 Å². The molecular formula is C19H15F3N4O3. The number of aromatic nitrogens is 2. The second kappa shape index (κ2) is 8.05. The Hall–Kier alpha value is -3.82. The number of rotatable bonds is 5. The highest BCUT2D eigenvalue weighted by Crippen LogP contribution is 2.33. The van der Waals surface area contributed by atoms with Gasteiger partial charge in [-0.05, 0) is 35.9 Å². The SMILES string of the molecule is COc1ccc(C=NNC(=O)c2cnn(-c3ccccc3)c2C(F)(F)F)cc1O. The topological polar surface area (TPSA) is 88.7 Å². The smallest absolute Gasteiger partial charge is 0.434 e. The summed E-state index contributed by atoms with van der Waals surface area (Å²) in [5, 5.41) is 17.1. The van der Waals surface area contributed by atoms with Crippen molar-refractivity contribution >= 4 is 12.1 Å². The van der Waals surface area contributed by atoms with Crippen molar-refractivity contribution in [2.45, 2.75) is 6.18 Å². The van der Waals surface area contributed by atoms with E-state index in [4.69, 9.17) is 4.74 Å². The highest BCUT2D eigenvalue weighted by atomic mass is 19.4. The number of phenolic OH excluding ortho intramolecular Hbond substituents is 1. The van der Waals surface area contributed by atoms with E-state index in [0.717, 1.165) is 6.20 Å². The third-order valence-corrected chi connectivity index (χ3v) is 3.87. The van der Waals surface area contributed by atoms with Crippen molar-refractivity contribution in [2.75, 3.05) is 7.11 Å². The summed E-state index contributed by atoms with van der Waals surface area (Å²) in [5.41, 5.74) is 0.723. The van der Waals surface area contributed by atoms with Gasteiger partial charge in [-0.1, -0.05) is 18.2 Å². The van der Waals surface area contributed by atoms with E-state index in [2.05, 4.69) is 10.2 Å². The number of hydrogen-bond donors (Lipinski definition) is 2. The van der Waals surface area contributed by atoms with Crippen LogP contribution < -0.4 is 10.2 Å².